The number of hydrogen-bond acceptors (Lipinski definition) is 5. The zero-order valence-corrected chi connectivity index (χ0v) is 15.6. The number of aromatic amines is 1. The lowest BCUT2D eigenvalue weighted by Gasteiger charge is -2.24. The van der Waals surface area contributed by atoms with Crippen molar-refractivity contribution in [3.8, 4) is 0 Å². The van der Waals surface area contributed by atoms with Crippen molar-refractivity contribution in [3.05, 3.63) is 93.9 Å². The van der Waals surface area contributed by atoms with E-state index < -0.39 is 17.2 Å². The van der Waals surface area contributed by atoms with E-state index in [1.54, 1.807) is 31.6 Å². The second-order valence-corrected chi connectivity index (χ2v) is 6.62. The lowest BCUT2D eigenvalue weighted by molar-refractivity contribution is 0.515. The summed E-state index contributed by atoms with van der Waals surface area (Å²) in [5, 5.41) is 0.439. The van der Waals surface area contributed by atoms with Crippen molar-refractivity contribution in [3.63, 3.8) is 0 Å². The SMILES string of the molecule is Cc1nccc(N(Cc2ccncc2)Cc2cc(=O)[nH]c3c(F)c(F)ccc23)n1. The average molecular weight is 393 g/mol. The van der Waals surface area contributed by atoms with Gasteiger partial charge in [-0.05, 0) is 48.4 Å². The van der Waals surface area contributed by atoms with Crippen molar-refractivity contribution in [2.75, 3.05) is 4.90 Å². The summed E-state index contributed by atoms with van der Waals surface area (Å²) in [5.41, 5.74) is 0.908. The molecule has 29 heavy (non-hydrogen) atoms. The predicted molar refractivity (Wildman–Crippen MR) is 105 cm³/mol. The fourth-order valence-corrected chi connectivity index (χ4v) is 3.22. The minimum atomic E-state index is -1.07. The second-order valence-electron chi connectivity index (χ2n) is 6.62. The van der Waals surface area contributed by atoms with E-state index in [1.807, 2.05) is 17.0 Å². The van der Waals surface area contributed by atoms with Crippen LogP contribution in [0.1, 0.15) is 17.0 Å². The van der Waals surface area contributed by atoms with Crippen molar-refractivity contribution >= 4 is 16.7 Å². The van der Waals surface area contributed by atoms with Gasteiger partial charge in [-0.15, -0.1) is 0 Å². The summed E-state index contributed by atoms with van der Waals surface area (Å²) >= 11 is 0. The smallest absolute Gasteiger partial charge is 0.248 e. The van der Waals surface area contributed by atoms with E-state index in [0.717, 1.165) is 11.6 Å². The highest BCUT2D eigenvalue weighted by atomic mass is 19.2. The van der Waals surface area contributed by atoms with E-state index in [2.05, 4.69) is 19.9 Å². The van der Waals surface area contributed by atoms with Crippen LogP contribution in [-0.2, 0) is 13.1 Å². The molecule has 0 aliphatic carbocycles. The van der Waals surface area contributed by atoms with Gasteiger partial charge in [0.2, 0.25) is 5.56 Å². The standard InChI is InChI=1S/C21H17F2N5O/c1-13-25-9-6-18(26-13)28(11-14-4-7-24-8-5-14)12-15-10-19(29)27-21-16(15)2-3-17(22)20(21)23/h2-10H,11-12H2,1H3,(H,27,29). The summed E-state index contributed by atoms with van der Waals surface area (Å²) in [7, 11) is 0. The van der Waals surface area contributed by atoms with Gasteiger partial charge < -0.3 is 9.88 Å². The molecule has 1 N–H and O–H groups in total. The molecule has 4 rings (SSSR count). The zero-order chi connectivity index (χ0) is 20.4. The molecule has 146 valence electrons. The number of fused-ring (bicyclic) bond motifs is 1. The first kappa shape index (κ1) is 18.7. The Bertz CT molecular complexity index is 1230. The minimum absolute atomic E-state index is 0.143. The minimum Gasteiger partial charge on any atom is -0.348 e. The number of pyridine rings is 2. The Balaban J connectivity index is 1.80. The van der Waals surface area contributed by atoms with E-state index >= 15 is 0 Å². The Kier molecular flexibility index (Phi) is 4.99. The predicted octanol–water partition coefficient (Wildman–Crippen LogP) is 3.51. The maximum atomic E-state index is 14.2. The molecule has 0 fully saturated rings. The largest absolute Gasteiger partial charge is 0.348 e. The van der Waals surface area contributed by atoms with Crippen LogP contribution in [0.2, 0.25) is 0 Å². The van der Waals surface area contributed by atoms with Crippen molar-refractivity contribution < 1.29 is 8.78 Å². The van der Waals surface area contributed by atoms with Gasteiger partial charge in [0.25, 0.3) is 0 Å². The molecule has 0 spiro atoms. The van der Waals surface area contributed by atoms with Gasteiger partial charge in [0.15, 0.2) is 11.6 Å². The highest BCUT2D eigenvalue weighted by molar-refractivity contribution is 5.82. The van der Waals surface area contributed by atoms with Crippen LogP contribution in [0.25, 0.3) is 10.9 Å². The molecule has 3 heterocycles. The molecule has 4 aromatic rings. The van der Waals surface area contributed by atoms with Gasteiger partial charge >= 0.3 is 0 Å². The fraction of sp³-hybridized carbons (Fsp3) is 0.143. The molecule has 0 amide bonds. The van der Waals surface area contributed by atoms with E-state index in [0.29, 0.717) is 29.1 Å². The molecular formula is C21H17F2N5O. The van der Waals surface area contributed by atoms with Gasteiger partial charge in [-0.2, -0.15) is 0 Å². The first-order chi connectivity index (χ1) is 14.0. The summed E-state index contributed by atoms with van der Waals surface area (Å²) in [6.45, 7) is 2.54. The molecule has 0 bridgehead atoms. The normalized spacial score (nSPS) is 11.0. The van der Waals surface area contributed by atoms with E-state index in [1.165, 1.54) is 12.1 Å². The number of nitrogens with one attached hydrogen (secondary N) is 1. The molecule has 0 unspecified atom stereocenters. The molecular weight excluding hydrogens is 376 g/mol. The third-order valence-electron chi connectivity index (χ3n) is 4.56. The Morgan fingerprint density at radius 1 is 1.03 bits per heavy atom. The van der Waals surface area contributed by atoms with Crippen molar-refractivity contribution in [1.82, 2.24) is 19.9 Å². The third-order valence-corrected chi connectivity index (χ3v) is 4.56. The van der Waals surface area contributed by atoms with Crippen LogP contribution in [-0.4, -0.2) is 19.9 Å². The summed E-state index contributed by atoms with van der Waals surface area (Å²) in [6, 6.07) is 9.45. The maximum Gasteiger partial charge on any atom is 0.248 e. The molecule has 0 atom stereocenters. The Labute approximate surface area is 164 Å². The average Bonchev–Trinajstić information content (AvgIpc) is 2.71. The zero-order valence-electron chi connectivity index (χ0n) is 15.6. The highest BCUT2D eigenvalue weighted by Gasteiger charge is 2.16. The van der Waals surface area contributed by atoms with Crippen molar-refractivity contribution in [1.29, 1.82) is 0 Å². The topological polar surface area (TPSA) is 74.8 Å². The number of benzene rings is 1. The lowest BCUT2D eigenvalue weighted by Crippen LogP contribution is -2.25. The number of halogens is 2. The Hall–Kier alpha value is -3.68. The van der Waals surface area contributed by atoms with E-state index in [-0.39, 0.29) is 12.1 Å². The number of H-pyrrole nitrogens is 1. The maximum absolute atomic E-state index is 14.2. The molecule has 0 radical (unpaired) electrons. The van der Waals surface area contributed by atoms with Gasteiger partial charge in [-0.3, -0.25) is 9.78 Å². The van der Waals surface area contributed by atoms with Crippen LogP contribution in [0.5, 0.6) is 0 Å². The molecule has 3 aromatic heterocycles. The van der Waals surface area contributed by atoms with Gasteiger partial charge in [-0.1, -0.05) is 0 Å². The van der Waals surface area contributed by atoms with E-state index in [4.69, 9.17) is 0 Å². The third kappa shape index (κ3) is 3.96. The van der Waals surface area contributed by atoms with Gasteiger partial charge in [0.05, 0.1) is 5.52 Å². The fourth-order valence-electron chi connectivity index (χ4n) is 3.22. The Morgan fingerprint density at radius 3 is 2.59 bits per heavy atom. The number of aryl methyl sites for hydroxylation is 1. The second kappa shape index (κ2) is 7.75. The van der Waals surface area contributed by atoms with Crippen LogP contribution in [0.15, 0.2) is 59.8 Å². The number of aromatic nitrogens is 4. The Morgan fingerprint density at radius 2 is 1.83 bits per heavy atom. The van der Waals surface area contributed by atoms with Crippen LogP contribution >= 0.6 is 0 Å². The molecule has 1 aromatic carbocycles. The van der Waals surface area contributed by atoms with Crippen molar-refractivity contribution in [2.45, 2.75) is 20.0 Å². The molecule has 6 nitrogen and oxygen atoms in total. The van der Waals surface area contributed by atoms with Gasteiger partial charge in [0, 0.05) is 43.1 Å². The molecule has 0 aliphatic heterocycles. The summed E-state index contributed by atoms with van der Waals surface area (Å²) in [4.78, 5) is 29.1. The van der Waals surface area contributed by atoms with Crippen LogP contribution < -0.4 is 10.5 Å². The summed E-state index contributed by atoms with van der Waals surface area (Å²) in [6.07, 6.45) is 5.04. The summed E-state index contributed by atoms with van der Waals surface area (Å²) in [5.74, 6) is -0.818. The van der Waals surface area contributed by atoms with Crippen LogP contribution in [0.3, 0.4) is 0 Å². The molecule has 0 saturated heterocycles. The lowest BCUT2D eigenvalue weighted by atomic mass is 10.1. The molecule has 0 aliphatic rings. The monoisotopic (exact) mass is 393 g/mol. The highest BCUT2D eigenvalue weighted by Crippen LogP contribution is 2.24. The van der Waals surface area contributed by atoms with Crippen molar-refractivity contribution in [2.24, 2.45) is 0 Å². The first-order valence-electron chi connectivity index (χ1n) is 8.94. The number of nitrogens with zero attached hydrogens (tertiary/aromatic N) is 4. The molecule has 8 heteroatoms. The number of anilines is 1. The van der Waals surface area contributed by atoms with Gasteiger partial charge in [0.1, 0.15) is 11.6 Å². The number of rotatable bonds is 5. The van der Waals surface area contributed by atoms with Gasteiger partial charge in [-0.25, -0.2) is 18.7 Å². The summed E-state index contributed by atoms with van der Waals surface area (Å²) < 4.78 is 27.9. The number of hydrogen-bond donors (Lipinski definition) is 1. The quantitative estimate of drug-likeness (QED) is 0.562. The van der Waals surface area contributed by atoms with Crippen LogP contribution in [0, 0.1) is 18.6 Å². The van der Waals surface area contributed by atoms with Crippen LogP contribution in [0.4, 0.5) is 14.6 Å². The molecule has 0 saturated carbocycles. The van der Waals surface area contributed by atoms with E-state index in [9.17, 15) is 13.6 Å². The first-order valence-corrected chi connectivity index (χ1v) is 8.94.